The molecular formula is C22H32N4O4. The molecule has 0 radical (unpaired) electrons. The fourth-order valence-electron chi connectivity index (χ4n) is 4.83. The lowest BCUT2D eigenvalue weighted by Gasteiger charge is -2.34. The zero-order chi connectivity index (χ0) is 21.3. The van der Waals surface area contributed by atoms with Crippen LogP contribution in [0.4, 0.5) is 0 Å². The number of aromatic amines is 1. The Morgan fingerprint density at radius 3 is 2.57 bits per heavy atom. The number of aromatic nitrogens is 2. The highest BCUT2D eigenvalue weighted by molar-refractivity contribution is 5.81. The first-order valence-corrected chi connectivity index (χ1v) is 11.1. The van der Waals surface area contributed by atoms with Crippen molar-refractivity contribution in [1.29, 1.82) is 0 Å². The molecule has 1 aromatic rings. The molecule has 0 unspecified atom stereocenters. The molecule has 2 saturated heterocycles. The molecule has 0 aromatic carbocycles. The standard InChI is InChI=1S/C22H32N4O4/c1-14-10-17(14)22(29)26-7-3-4-16(12-26)18-11-19(27)24-21(23-18)15-5-8-25(9-6-15)20(28)13-30-2/h11,14-17H,3-10,12-13H2,1-2H3,(H,23,24,27)/t14-,16+,17-/m1/s1. The first-order valence-electron chi connectivity index (χ1n) is 11.1. The number of hydrogen-bond acceptors (Lipinski definition) is 5. The molecule has 1 saturated carbocycles. The van der Waals surface area contributed by atoms with Crippen LogP contribution in [-0.2, 0) is 14.3 Å². The highest BCUT2D eigenvalue weighted by Crippen LogP contribution is 2.40. The zero-order valence-corrected chi connectivity index (χ0v) is 17.9. The third-order valence-corrected chi connectivity index (χ3v) is 6.86. The number of H-pyrrole nitrogens is 1. The number of ether oxygens (including phenoxy) is 1. The minimum atomic E-state index is -0.132. The topological polar surface area (TPSA) is 95.6 Å². The molecule has 30 heavy (non-hydrogen) atoms. The Labute approximate surface area is 177 Å². The number of carbonyl (C=O) groups is 2. The van der Waals surface area contributed by atoms with E-state index in [4.69, 9.17) is 9.72 Å². The van der Waals surface area contributed by atoms with E-state index in [9.17, 15) is 14.4 Å². The van der Waals surface area contributed by atoms with Crippen molar-refractivity contribution in [2.75, 3.05) is 39.9 Å². The second-order valence-corrected chi connectivity index (χ2v) is 9.09. The molecule has 0 spiro atoms. The summed E-state index contributed by atoms with van der Waals surface area (Å²) < 4.78 is 4.94. The summed E-state index contributed by atoms with van der Waals surface area (Å²) in [6.07, 6.45) is 4.44. The summed E-state index contributed by atoms with van der Waals surface area (Å²) in [6.45, 7) is 4.98. The van der Waals surface area contributed by atoms with Crippen LogP contribution >= 0.6 is 0 Å². The van der Waals surface area contributed by atoms with Gasteiger partial charge in [-0.05, 0) is 38.0 Å². The number of likely N-dealkylation sites (tertiary alicyclic amines) is 2. The maximum Gasteiger partial charge on any atom is 0.251 e. The summed E-state index contributed by atoms with van der Waals surface area (Å²) in [5.74, 6) is 1.93. The minimum Gasteiger partial charge on any atom is -0.375 e. The van der Waals surface area contributed by atoms with Gasteiger partial charge in [-0.2, -0.15) is 0 Å². The Morgan fingerprint density at radius 1 is 1.17 bits per heavy atom. The van der Waals surface area contributed by atoms with Crippen molar-refractivity contribution in [3.05, 3.63) is 27.9 Å². The lowest BCUT2D eigenvalue weighted by Crippen LogP contribution is -2.41. The number of methoxy groups -OCH3 is 1. The second-order valence-electron chi connectivity index (χ2n) is 9.09. The van der Waals surface area contributed by atoms with E-state index in [-0.39, 0.29) is 41.7 Å². The molecule has 1 aromatic heterocycles. The van der Waals surface area contributed by atoms with Gasteiger partial charge in [-0.3, -0.25) is 14.4 Å². The third kappa shape index (κ3) is 4.58. The van der Waals surface area contributed by atoms with Crippen LogP contribution in [0, 0.1) is 11.8 Å². The van der Waals surface area contributed by atoms with Crippen LogP contribution in [0.15, 0.2) is 10.9 Å². The first kappa shape index (κ1) is 21.0. The highest BCUT2D eigenvalue weighted by atomic mass is 16.5. The van der Waals surface area contributed by atoms with Crippen molar-refractivity contribution < 1.29 is 14.3 Å². The van der Waals surface area contributed by atoms with Gasteiger partial charge in [-0.1, -0.05) is 6.92 Å². The summed E-state index contributed by atoms with van der Waals surface area (Å²) in [4.78, 5) is 48.6. The summed E-state index contributed by atoms with van der Waals surface area (Å²) in [5.41, 5.74) is 0.667. The van der Waals surface area contributed by atoms with Crippen molar-refractivity contribution in [3.8, 4) is 0 Å². The van der Waals surface area contributed by atoms with Crippen molar-refractivity contribution in [2.45, 2.75) is 50.9 Å². The van der Waals surface area contributed by atoms with Crippen LogP contribution in [0.5, 0.6) is 0 Å². The van der Waals surface area contributed by atoms with Gasteiger partial charge < -0.3 is 19.5 Å². The van der Waals surface area contributed by atoms with Gasteiger partial charge in [0.25, 0.3) is 5.56 Å². The zero-order valence-electron chi connectivity index (χ0n) is 17.9. The van der Waals surface area contributed by atoms with E-state index >= 15 is 0 Å². The fourth-order valence-corrected chi connectivity index (χ4v) is 4.83. The molecule has 3 heterocycles. The average Bonchev–Trinajstić information content (AvgIpc) is 3.49. The Morgan fingerprint density at radius 2 is 1.90 bits per heavy atom. The summed E-state index contributed by atoms with van der Waals surface area (Å²) in [6, 6.07) is 1.60. The van der Waals surface area contributed by atoms with E-state index in [1.807, 2.05) is 9.80 Å². The highest BCUT2D eigenvalue weighted by Gasteiger charge is 2.42. The minimum absolute atomic E-state index is 0.00287. The molecule has 0 bridgehead atoms. The smallest absolute Gasteiger partial charge is 0.251 e. The van der Waals surface area contributed by atoms with E-state index in [0.29, 0.717) is 25.6 Å². The van der Waals surface area contributed by atoms with Gasteiger partial charge in [0.1, 0.15) is 12.4 Å². The largest absolute Gasteiger partial charge is 0.375 e. The van der Waals surface area contributed by atoms with Crippen molar-refractivity contribution >= 4 is 11.8 Å². The van der Waals surface area contributed by atoms with Gasteiger partial charge in [-0.25, -0.2) is 4.98 Å². The number of hydrogen-bond donors (Lipinski definition) is 1. The number of amides is 2. The van der Waals surface area contributed by atoms with E-state index in [0.717, 1.165) is 50.2 Å². The van der Waals surface area contributed by atoms with Gasteiger partial charge in [0.2, 0.25) is 11.8 Å². The van der Waals surface area contributed by atoms with E-state index in [1.54, 1.807) is 6.07 Å². The molecule has 1 N–H and O–H groups in total. The Hall–Kier alpha value is -2.22. The number of piperidine rings is 2. The summed E-state index contributed by atoms with van der Waals surface area (Å²) in [7, 11) is 1.52. The predicted molar refractivity (Wildman–Crippen MR) is 111 cm³/mol. The van der Waals surface area contributed by atoms with Gasteiger partial charge in [0, 0.05) is 57.1 Å². The summed E-state index contributed by atoms with van der Waals surface area (Å²) in [5, 5.41) is 0. The monoisotopic (exact) mass is 416 g/mol. The Kier molecular flexibility index (Phi) is 6.22. The number of nitrogens with zero attached hydrogens (tertiary/aromatic N) is 3. The molecule has 164 valence electrons. The van der Waals surface area contributed by atoms with Crippen LogP contribution in [0.25, 0.3) is 0 Å². The molecule has 4 rings (SSSR count). The molecule has 3 fully saturated rings. The Bertz CT molecular complexity index is 846. The van der Waals surface area contributed by atoms with Crippen LogP contribution in [-0.4, -0.2) is 71.5 Å². The first-order chi connectivity index (χ1) is 14.5. The molecule has 2 amide bonds. The van der Waals surface area contributed by atoms with Gasteiger partial charge in [0.05, 0.1) is 5.69 Å². The third-order valence-electron chi connectivity index (χ3n) is 6.86. The van der Waals surface area contributed by atoms with Gasteiger partial charge in [-0.15, -0.1) is 0 Å². The molecule has 2 aliphatic heterocycles. The summed E-state index contributed by atoms with van der Waals surface area (Å²) >= 11 is 0. The van der Waals surface area contributed by atoms with E-state index in [1.165, 1.54) is 7.11 Å². The number of rotatable bonds is 5. The van der Waals surface area contributed by atoms with Crippen molar-refractivity contribution in [2.24, 2.45) is 11.8 Å². The van der Waals surface area contributed by atoms with Crippen molar-refractivity contribution in [3.63, 3.8) is 0 Å². The van der Waals surface area contributed by atoms with Crippen LogP contribution in [0.2, 0.25) is 0 Å². The van der Waals surface area contributed by atoms with Gasteiger partial charge in [0.15, 0.2) is 0 Å². The normalized spacial score (nSPS) is 27.2. The average molecular weight is 417 g/mol. The van der Waals surface area contributed by atoms with E-state index in [2.05, 4.69) is 11.9 Å². The molecule has 3 aliphatic rings. The fraction of sp³-hybridized carbons (Fsp3) is 0.727. The lowest BCUT2D eigenvalue weighted by molar-refractivity contribution is -0.136. The van der Waals surface area contributed by atoms with Crippen LogP contribution < -0.4 is 5.56 Å². The van der Waals surface area contributed by atoms with Gasteiger partial charge >= 0.3 is 0 Å². The molecular weight excluding hydrogens is 384 g/mol. The Balaban J connectivity index is 1.43. The SMILES string of the molecule is COCC(=O)N1CCC(c2nc([C@H]3CCCN(C(=O)[C@@H]4C[C@H]4C)C3)cc(=O)[nH]2)CC1. The lowest BCUT2D eigenvalue weighted by atomic mass is 9.92. The molecule has 8 nitrogen and oxygen atoms in total. The predicted octanol–water partition coefficient (Wildman–Crippen LogP) is 1.48. The van der Waals surface area contributed by atoms with E-state index < -0.39 is 0 Å². The van der Waals surface area contributed by atoms with Crippen molar-refractivity contribution in [1.82, 2.24) is 19.8 Å². The maximum absolute atomic E-state index is 12.7. The molecule has 8 heteroatoms. The maximum atomic E-state index is 12.7. The number of nitrogens with one attached hydrogen (secondary N) is 1. The van der Waals surface area contributed by atoms with Crippen LogP contribution in [0.1, 0.15) is 62.4 Å². The molecule has 3 atom stereocenters. The second kappa shape index (κ2) is 8.88. The quantitative estimate of drug-likeness (QED) is 0.785. The van der Waals surface area contributed by atoms with Crippen LogP contribution in [0.3, 0.4) is 0 Å². The molecule has 1 aliphatic carbocycles. The number of carbonyl (C=O) groups excluding carboxylic acids is 2.